The van der Waals surface area contributed by atoms with Gasteiger partial charge in [0.1, 0.15) is 5.41 Å². The molecule has 1 saturated carbocycles. The van der Waals surface area contributed by atoms with E-state index in [0.29, 0.717) is 0 Å². The predicted octanol–water partition coefficient (Wildman–Crippen LogP) is 0.374. The monoisotopic (exact) mass is 229 g/mol. The largest absolute Gasteiger partial charge is 0.480 e. The van der Waals surface area contributed by atoms with Crippen molar-refractivity contribution in [3.05, 3.63) is 0 Å². The Hall–Kier alpha value is -1.10. The second-order valence-electron chi connectivity index (χ2n) is 4.88. The molecule has 1 aliphatic carbocycles. The third kappa shape index (κ3) is 2.95. The topological polar surface area (TPSA) is 86.6 Å². The van der Waals surface area contributed by atoms with Crippen LogP contribution in [-0.4, -0.2) is 34.7 Å². The summed E-state index contributed by atoms with van der Waals surface area (Å²) >= 11 is 0. The van der Waals surface area contributed by atoms with Crippen LogP contribution in [0.5, 0.6) is 0 Å². The van der Waals surface area contributed by atoms with Gasteiger partial charge in [0.2, 0.25) is 5.91 Å². The van der Waals surface area contributed by atoms with Crippen LogP contribution in [0, 0.1) is 11.3 Å². The number of aliphatic carboxylic acids is 1. The molecule has 0 heterocycles. The third-order valence-corrected chi connectivity index (χ3v) is 2.95. The number of carboxylic acids is 1. The standard InChI is InChI=1S/C11H19NO4/c1-7(6-13)5-11(2,10(15)16)9(14)12-8-3-4-8/h7-8,13H,3-6H2,1-2H3,(H,12,14)(H,15,16). The summed E-state index contributed by atoms with van der Waals surface area (Å²) < 4.78 is 0. The van der Waals surface area contributed by atoms with E-state index in [2.05, 4.69) is 5.32 Å². The van der Waals surface area contributed by atoms with Crippen LogP contribution in [0.25, 0.3) is 0 Å². The third-order valence-electron chi connectivity index (χ3n) is 2.95. The van der Waals surface area contributed by atoms with Crippen molar-refractivity contribution in [3.8, 4) is 0 Å². The first kappa shape index (κ1) is 13.0. The molecule has 2 atom stereocenters. The van der Waals surface area contributed by atoms with E-state index in [1.165, 1.54) is 6.92 Å². The zero-order chi connectivity index (χ0) is 12.3. The molecule has 1 fully saturated rings. The lowest BCUT2D eigenvalue weighted by Gasteiger charge is -2.26. The molecule has 16 heavy (non-hydrogen) atoms. The Labute approximate surface area is 94.8 Å². The summed E-state index contributed by atoms with van der Waals surface area (Å²) in [5, 5.41) is 20.8. The molecule has 1 rings (SSSR count). The highest BCUT2D eigenvalue weighted by Crippen LogP contribution is 2.29. The zero-order valence-electron chi connectivity index (χ0n) is 9.69. The van der Waals surface area contributed by atoms with Crippen molar-refractivity contribution < 1.29 is 19.8 Å². The van der Waals surface area contributed by atoms with E-state index in [1.54, 1.807) is 6.92 Å². The summed E-state index contributed by atoms with van der Waals surface area (Å²) in [5.41, 5.74) is -1.44. The van der Waals surface area contributed by atoms with E-state index in [4.69, 9.17) is 10.2 Å². The van der Waals surface area contributed by atoms with Gasteiger partial charge in [-0.1, -0.05) is 6.92 Å². The number of amides is 1. The molecule has 0 aliphatic heterocycles. The molecule has 92 valence electrons. The second kappa shape index (κ2) is 4.82. The Morgan fingerprint density at radius 1 is 1.50 bits per heavy atom. The van der Waals surface area contributed by atoms with Gasteiger partial charge in [0.25, 0.3) is 0 Å². The number of hydrogen-bond acceptors (Lipinski definition) is 3. The number of rotatable bonds is 6. The van der Waals surface area contributed by atoms with Gasteiger partial charge in [0.05, 0.1) is 0 Å². The van der Waals surface area contributed by atoms with Crippen molar-refractivity contribution in [2.24, 2.45) is 11.3 Å². The lowest BCUT2D eigenvalue weighted by Crippen LogP contribution is -2.46. The smallest absolute Gasteiger partial charge is 0.318 e. The predicted molar refractivity (Wildman–Crippen MR) is 57.8 cm³/mol. The number of carbonyl (C=O) groups excluding carboxylic acids is 1. The van der Waals surface area contributed by atoms with Crippen molar-refractivity contribution >= 4 is 11.9 Å². The molecule has 0 spiro atoms. The summed E-state index contributed by atoms with van der Waals surface area (Å²) in [6.07, 6.45) is 2.01. The quantitative estimate of drug-likeness (QED) is 0.574. The Bertz CT molecular complexity index is 288. The van der Waals surface area contributed by atoms with E-state index in [9.17, 15) is 9.59 Å². The van der Waals surface area contributed by atoms with Gasteiger partial charge in [-0.05, 0) is 32.1 Å². The van der Waals surface area contributed by atoms with Gasteiger partial charge in [-0.3, -0.25) is 9.59 Å². The first-order chi connectivity index (χ1) is 7.40. The fraction of sp³-hybridized carbons (Fsp3) is 0.818. The normalized spacial score (nSPS) is 20.9. The Kier molecular flexibility index (Phi) is 3.91. The summed E-state index contributed by atoms with van der Waals surface area (Å²) in [5.74, 6) is -1.78. The molecule has 3 N–H and O–H groups in total. The minimum atomic E-state index is -1.44. The van der Waals surface area contributed by atoms with Gasteiger partial charge in [0, 0.05) is 12.6 Å². The highest BCUT2D eigenvalue weighted by Gasteiger charge is 2.43. The summed E-state index contributed by atoms with van der Waals surface area (Å²) in [6, 6.07) is 0.149. The first-order valence-corrected chi connectivity index (χ1v) is 5.55. The fourth-order valence-corrected chi connectivity index (χ4v) is 1.61. The van der Waals surface area contributed by atoms with Crippen LogP contribution in [0.3, 0.4) is 0 Å². The van der Waals surface area contributed by atoms with Crippen molar-refractivity contribution in [2.45, 2.75) is 39.2 Å². The van der Waals surface area contributed by atoms with Crippen molar-refractivity contribution in [1.82, 2.24) is 5.32 Å². The fourth-order valence-electron chi connectivity index (χ4n) is 1.61. The molecular weight excluding hydrogens is 210 g/mol. The maximum Gasteiger partial charge on any atom is 0.318 e. The Morgan fingerprint density at radius 3 is 2.44 bits per heavy atom. The maximum atomic E-state index is 11.8. The molecule has 5 nitrogen and oxygen atoms in total. The molecule has 0 aromatic rings. The summed E-state index contributed by atoms with van der Waals surface area (Å²) in [4.78, 5) is 23.0. The van der Waals surface area contributed by atoms with E-state index in [0.717, 1.165) is 12.8 Å². The van der Waals surface area contributed by atoms with Crippen molar-refractivity contribution in [2.75, 3.05) is 6.61 Å². The summed E-state index contributed by atoms with van der Waals surface area (Å²) in [7, 11) is 0. The SMILES string of the molecule is CC(CO)CC(C)(C(=O)O)C(=O)NC1CC1. The van der Waals surface area contributed by atoms with Crippen LogP contribution < -0.4 is 5.32 Å². The summed E-state index contributed by atoms with van der Waals surface area (Å²) in [6.45, 7) is 3.03. The van der Waals surface area contributed by atoms with E-state index < -0.39 is 17.3 Å². The number of carboxylic acid groups (broad SMARTS) is 1. The van der Waals surface area contributed by atoms with Gasteiger partial charge < -0.3 is 15.5 Å². The minimum absolute atomic E-state index is 0.112. The van der Waals surface area contributed by atoms with E-state index in [1.807, 2.05) is 0 Å². The van der Waals surface area contributed by atoms with Crippen LogP contribution >= 0.6 is 0 Å². The molecule has 5 heteroatoms. The molecular formula is C11H19NO4. The van der Waals surface area contributed by atoms with Crippen LogP contribution in [0.15, 0.2) is 0 Å². The van der Waals surface area contributed by atoms with Crippen LogP contribution in [-0.2, 0) is 9.59 Å². The van der Waals surface area contributed by atoms with E-state index >= 15 is 0 Å². The highest BCUT2D eigenvalue weighted by molar-refractivity contribution is 6.01. The van der Waals surface area contributed by atoms with Gasteiger partial charge in [-0.25, -0.2) is 0 Å². The zero-order valence-corrected chi connectivity index (χ0v) is 9.69. The molecule has 0 bridgehead atoms. The van der Waals surface area contributed by atoms with Crippen molar-refractivity contribution in [1.29, 1.82) is 0 Å². The molecule has 2 unspecified atom stereocenters. The number of aliphatic hydroxyl groups is 1. The minimum Gasteiger partial charge on any atom is -0.480 e. The number of hydrogen-bond donors (Lipinski definition) is 3. The molecule has 0 saturated heterocycles. The van der Waals surface area contributed by atoms with Gasteiger partial charge in [-0.2, -0.15) is 0 Å². The molecule has 0 aromatic heterocycles. The second-order valence-corrected chi connectivity index (χ2v) is 4.88. The van der Waals surface area contributed by atoms with Crippen LogP contribution in [0.2, 0.25) is 0 Å². The van der Waals surface area contributed by atoms with Crippen LogP contribution in [0.4, 0.5) is 0 Å². The lowest BCUT2D eigenvalue weighted by atomic mass is 9.80. The Balaban J connectivity index is 2.69. The molecule has 0 aromatic carbocycles. The van der Waals surface area contributed by atoms with Gasteiger partial charge in [0.15, 0.2) is 0 Å². The van der Waals surface area contributed by atoms with Gasteiger partial charge in [-0.15, -0.1) is 0 Å². The highest BCUT2D eigenvalue weighted by atomic mass is 16.4. The first-order valence-electron chi connectivity index (χ1n) is 5.55. The average molecular weight is 229 g/mol. The number of aliphatic hydroxyl groups excluding tert-OH is 1. The van der Waals surface area contributed by atoms with E-state index in [-0.39, 0.29) is 25.0 Å². The molecule has 0 radical (unpaired) electrons. The van der Waals surface area contributed by atoms with Crippen molar-refractivity contribution in [3.63, 3.8) is 0 Å². The van der Waals surface area contributed by atoms with Gasteiger partial charge >= 0.3 is 5.97 Å². The molecule has 1 aliphatic rings. The maximum absolute atomic E-state index is 11.8. The number of carbonyl (C=O) groups is 2. The number of nitrogens with one attached hydrogen (secondary N) is 1. The average Bonchev–Trinajstić information content (AvgIpc) is 3.00. The van der Waals surface area contributed by atoms with Crippen LogP contribution in [0.1, 0.15) is 33.1 Å². The lowest BCUT2D eigenvalue weighted by molar-refractivity contribution is -0.156. The molecule has 1 amide bonds. The Morgan fingerprint density at radius 2 is 2.06 bits per heavy atom.